The quantitative estimate of drug-likeness (QED) is 0.0619. The number of nitrogens with two attached hydrogens (primary N) is 1. The second kappa shape index (κ2) is 18.7. The van der Waals surface area contributed by atoms with Crippen molar-refractivity contribution in [3.05, 3.63) is 46.5 Å². The number of carbonyl (C=O) groups excluding carboxylic acids is 6. The van der Waals surface area contributed by atoms with Gasteiger partial charge in [0, 0.05) is 22.0 Å². The van der Waals surface area contributed by atoms with Crippen molar-refractivity contribution >= 4 is 46.4 Å². The van der Waals surface area contributed by atoms with Crippen LogP contribution in [0.2, 0.25) is 0 Å². The number of rotatable bonds is 17. The minimum absolute atomic E-state index is 0.0243. The minimum Gasteiger partial charge on any atom is -0.460 e. The summed E-state index contributed by atoms with van der Waals surface area (Å²) in [7, 11) is 0. The number of aromatic amines is 1. The van der Waals surface area contributed by atoms with Gasteiger partial charge >= 0.3 is 5.97 Å². The highest BCUT2D eigenvalue weighted by molar-refractivity contribution is 5.97. The molecule has 0 aliphatic carbocycles. The van der Waals surface area contributed by atoms with E-state index in [9.17, 15) is 28.8 Å². The number of hydrogen-bond acceptors (Lipinski definition) is 8. The van der Waals surface area contributed by atoms with Crippen LogP contribution < -0.4 is 27.0 Å². The normalized spacial score (nSPS) is 14.5. The van der Waals surface area contributed by atoms with Crippen LogP contribution in [0.1, 0.15) is 80.2 Å². The summed E-state index contributed by atoms with van der Waals surface area (Å²) in [4.78, 5) is 84.0. The predicted molar refractivity (Wildman–Crippen MR) is 187 cm³/mol. The Kier molecular flexibility index (Phi) is 15.4. The first-order valence-electron chi connectivity index (χ1n) is 16.6. The Hall–Kier alpha value is -4.95. The van der Waals surface area contributed by atoms with Crippen molar-refractivity contribution in [2.75, 3.05) is 0 Å². The fraction of sp³-hybridized carbons (Fsp3) is 0.588. The van der Waals surface area contributed by atoms with E-state index in [0.29, 0.717) is 0 Å². The summed E-state index contributed by atoms with van der Waals surface area (Å²) in [6, 6.07) is 1.56. The van der Waals surface area contributed by atoms with E-state index in [-0.39, 0.29) is 31.1 Å². The third kappa shape index (κ3) is 13.5. The van der Waals surface area contributed by atoms with Crippen molar-refractivity contribution in [2.45, 2.75) is 117 Å². The minimum atomic E-state index is -1.44. The van der Waals surface area contributed by atoms with Crippen LogP contribution in [0.15, 0.2) is 35.6 Å². The molecule has 0 aliphatic rings. The zero-order valence-electron chi connectivity index (χ0n) is 30.0. The Balaban J connectivity index is 2.19. The molecule has 274 valence electrons. The number of nitrogens with one attached hydrogen (secondary N) is 5. The fourth-order valence-electron chi connectivity index (χ4n) is 5.13. The first kappa shape index (κ1) is 41.2. The van der Waals surface area contributed by atoms with Crippen molar-refractivity contribution in [2.24, 2.45) is 22.7 Å². The van der Waals surface area contributed by atoms with Gasteiger partial charge in [0.2, 0.25) is 29.5 Å². The summed E-state index contributed by atoms with van der Waals surface area (Å²) < 4.78 is 5.37. The number of H-pyrrole nitrogens is 1. The second-order valence-electron chi connectivity index (χ2n) is 14.2. The lowest BCUT2D eigenvalue weighted by atomic mass is 10.00. The van der Waals surface area contributed by atoms with Crippen LogP contribution in [0.25, 0.3) is 21.3 Å². The van der Waals surface area contributed by atoms with Gasteiger partial charge in [-0.15, -0.1) is 0 Å². The van der Waals surface area contributed by atoms with Crippen molar-refractivity contribution in [1.29, 1.82) is 0 Å². The van der Waals surface area contributed by atoms with E-state index in [1.54, 1.807) is 27.0 Å². The summed E-state index contributed by atoms with van der Waals surface area (Å²) in [5.41, 5.74) is 15.7. The smallest absolute Gasteiger partial charge is 0.308 e. The monoisotopic (exact) mass is 697 g/mol. The molecule has 0 fully saturated rings. The molecule has 1 heterocycles. The number of fused-ring (bicyclic) bond motifs is 1. The summed E-state index contributed by atoms with van der Waals surface area (Å²) in [6.45, 7) is 13.7. The van der Waals surface area contributed by atoms with Crippen molar-refractivity contribution in [3.8, 4) is 0 Å². The molecular weight excluding hydrogens is 646 g/mol. The number of aromatic nitrogens is 1. The van der Waals surface area contributed by atoms with Crippen molar-refractivity contribution in [1.82, 2.24) is 26.3 Å². The number of nitrogens with zero attached hydrogens (tertiary/aromatic N) is 3. The van der Waals surface area contributed by atoms with Crippen LogP contribution in [-0.4, -0.2) is 76.3 Å². The largest absolute Gasteiger partial charge is 0.460 e. The predicted octanol–water partition coefficient (Wildman–Crippen LogP) is 2.66. The van der Waals surface area contributed by atoms with Gasteiger partial charge in [-0.3, -0.25) is 28.8 Å². The van der Waals surface area contributed by atoms with Gasteiger partial charge in [0.1, 0.15) is 23.7 Å². The molecule has 2 aromatic rings. The van der Waals surface area contributed by atoms with E-state index in [1.807, 2.05) is 52.0 Å². The Labute approximate surface area is 292 Å². The van der Waals surface area contributed by atoms with Gasteiger partial charge in [-0.1, -0.05) is 45.9 Å². The number of benzene rings is 1. The van der Waals surface area contributed by atoms with Crippen molar-refractivity contribution < 1.29 is 33.5 Å². The Morgan fingerprint density at radius 2 is 1.40 bits per heavy atom. The molecule has 0 saturated carbocycles. The molecule has 0 bridgehead atoms. The number of amides is 5. The molecule has 5 amide bonds. The molecule has 0 saturated heterocycles. The van der Waals surface area contributed by atoms with E-state index in [2.05, 4.69) is 36.3 Å². The highest BCUT2D eigenvalue weighted by Crippen LogP contribution is 2.19. The van der Waals surface area contributed by atoms with E-state index in [4.69, 9.17) is 16.0 Å². The molecule has 0 radical (unpaired) electrons. The van der Waals surface area contributed by atoms with E-state index in [0.717, 1.165) is 16.5 Å². The Morgan fingerprint density at radius 3 is 2.00 bits per heavy atom. The van der Waals surface area contributed by atoms with Gasteiger partial charge in [-0.05, 0) is 81.1 Å². The average molecular weight is 698 g/mol. The lowest BCUT2D eigenvalue weighted by Crippen LogP contribution is -2.58. The van der Waals surface area contributed by atoms with Gasteiger partial charge in [0.25, 0.3) is 0 Å². The first-order chi connectivity index (χ1) is 23.3. The Morgan fingerprint density at radius 1 is 0.840 bits per heavy atom. The third-order valence-corrected chi connectivity index (χ3v) is 7.43. The summed E-state index contributed by atoms with van der Waals surface area (Å²) in [5.74, 6) is -4.66. The lowest BCUT2D eigenvalue weighted by molar-refractivity contribution is -0.156. The summed E-state index contributed by atoms with van der Waals surface area (Å²) in [6.07, 6.45) is 1.74. The first-order valence-corrected chi connectivity index (χ1v) is 16.6. The molecule has 1 aromatic carbocycles. The maximum Gasteiger partial charge on any atom is 0.308 e. The van der Waals surface area contributed by atoms with Gasteiger partial charge < -0.3 is 36.7 Å². The van der Waals surface area contributed by atoms with Crippen LogP contribution in [0.3, 0.4) is 0 Å². The standard InChI is InChI=1S/C34H51N9O7/c1-18(2)13-25(32(48)41-26(14-19(3)4)33(49)42-43-36)39-29(45)20(5)38-31(47)27(16-28(44)50-34(6,7)8)40-30(46)23(35)15-21-17-37-24-12-10-9-11-22(21)24/h9-12,17-20,23,25-27,37H,13-16,35H2,1-8H3,(H,38,47)(H,39,45)(H,40,46)(H,41,48)/t20-,23+,25+,26-,27+/m0/s1. The molecule has 0 spiro atoms. The van der Waals surface area contributed by atoms with Crippen LogP contribution in [-0.2, 0) is 39.9 Å². The number of hydrogen-bond donors (Lipinski definition) is 6. The molecule has 50 heavy (non-hydrogen) atoms. The fourth-order valence-corrected chi connectivity index (χ4v) is 5.13. The number of para-hydroxylation sites is 1. The molecule has 7 N–H and O–H groups in total. The van der Waals surface area contributed by atoms with Crippen molar-refractivity contribution in [3.63, 3.8) is 0 Å². The van der Waals surface area contributed by atoms with Gasteiger partial charge in [-0.25, -0.2) is 0 Å². The highest BCUT2D eigenvalue weighted by atomic mass is 16.6. The topological polar surface area (TPSA) is 250 Å². The SMILES string of the molecule is CC(C)C[C@H](NC(=O)[C@@H](CC(C)C)NC(=O)[C@H](C)NC(=O)[C@@H](CC(=O)OC(C)(C)C)NC(=O)[C@H](N)Cc1c[nH]c2ccccc12)C(=O)N=[N+]=[N-]. The molecule has 2 rings (SSSR count). The van der Waals surface area contributed by atoms with Crippen LogP contribution in [0.5, 0.6) is 0 Å². The van der Waals surface area contributed by atoms with Gasteiger partial charge in [0.15, 0.2) is 0 Å². The molecule has 16 nitrogen and oxygen atoms in total. The van der Waals surface area contributed by atoms with E-state index in [1.165, 1.54) is 6.92 Å². The molecule has 16 heteroatoms. The number of azide groups is 1. The second-order valence-corrected chi connectivity index (χ2v) is 14.2. The number of ether oxygens (including phenoxy) is 1. The number of esters is 1. The van der Waals surface area contributed by atoms with Gasteiger partial charge in [0.05, 0.1) is 18.5 Å². The lowest BCUT2D eigenvalue weighted by Gasteiger charge is -2.26. The molecule has 0 aliphatic heterocycles. The molecular formula is C34H51N9O7. The van der Waals surface area contributed by atoms with E-state index < -0.39 is 77.7 Å². The summed E-state index contributed by atoms with van der Waals surface area (Å²) >= 11 is 0. The van der Waals surface area contributed by atoms with Crippen LogP contribution >= 0.6 is 0 Å². The maximum absolute atomic E-state index is 13.5. The summed E-state index contributed by atoms with van der Waals surface area (Å²) in [5, 5.41) is 14.2. The van der Waals surface area contributed by atoms with Crippen LogP contribution in [0, 0.1) is 11.8 Å². The molecule has 0 unspecified atom stereocenters. The maximum atomic E-state index is 13.5. The zero-order chi connectivity index (χ0) is 37.8. The zero-order valence-corrected chi connectivity index (χ0v) is 30.0. The van der Waals surface area contributed by atoms with E-state index >= 15 is 0 Å². The average Bonchev–Trinajstić information content (AvgIpc) is 3.41. The number of carbonyl (C=O) groups is 6. The molecule has 1 aromatic heterocycles. The highest BCUT2D eigenvalue weighted by Gasteiger charge is 2.32. The molecule has 5 atom stereocenters. The Bertz CT molecular complexity index is 1570. The van der Waals surface area contributed by atoms with Crippen LogP contribution in [0.4, 0.5) is 0 Å². The van der Waals surface area contributed by atoms with Gasteiger partial charge in [-0.2, -0.15) is 0 Å². The third-order valence-electron chi connectivity index (χ3n) is 7.43.